The van der Waals surface area contributed by atoms with Crippen LogP contribution in [0.15, 0.2) is 71.7 Å². The fraction of sp³-hybridized carbons (Fsp3) is 0.125. The highest BCUT2D eigenvalue weighted by Gasteiger charge is 2.13. The predicted octanol–water partition coefficient (Wildman–Crippen LogP) is 4.05. The van der Waals surface area contributed by atoms with Crippen LogP contribution in [0.4, 0.5) is 0 Å². The van der Waals surface area contributed by atoms with Gasteiger partial charge in [0, 0.05) is 23.7 Å². The lowest BCUT2D eigenvalue weighted by molar-refractivity contribution is 0.833. The van der Waals surface area contributed by atoms with Gasteiger partial charge in [0.25, 0.3) is 5.56 Å². The highest BCUT2D eigenvalue weighted by Crippen LogP contribution is 2.17. The van der Waals surface area contributed by atoms with Gasteiger partial charge in [0.15, 0.2) is 0 Å². The first-order valence-corrected chi connectivity index (χ1v) is 9.22. The summed E-state index contributed by atoms with van der Waals surface area (Å²) in [6.45, 7) is 3.92. The van der Waals surface area contributed by atoms with Gasteiger partial charge < -0.3 is 0 Å². The highest BCUT2D eigenvalue weighted by molar-refractivity contribution is 5.84. The van der Waals surface area contributed by atoms with Crippen LogP contribution in [0, 0.1) is 18.8 Å². The first kappa shape index (κ1) is 17.7. The minimum atomic E-state index is -0.0964. The largest absolute Gasteiger partial charge is 0.268 e. The van der Waals surface area contributed by atoms with Crippen molar-refractivity contribution in [3.63, 3.8) is 0 Å². The zero-order chi connectivity index (χ0) is 19.5. The Balaban J connectivity index is 1.98. The Morgan fingerprint density at radius 2 is 1.68 bits per heavy atom. The average molecular weight is 365 g/mol. The van der Waals surface area contributed by atoms with Crippen LogP contribution in [0.2, 0.25) is 0 Å². The molecule has 0 saturated carbocycles. The van der Waals surface area contributed by atoms with Crippen molar-refractivity contribution in [3.8, 4) is 17.5 Å². The first-order chi connectivity index (χ1) is 13.7. The normalized spacial score (nSPS) is 10.5. The molecule has 0 aliphatic heterocycles. The third kappa shape index (κ3) is 3.19. The van der Waals surface area contributed by atoms with Gasteiger partial charge in [0.05, 0.1) is 22.3 Å². The summed E-state index contributed by atoms with van der Waals surface area (Å²) >= 11 is 0. The molecule has 0 atom stereocenters. The van der Waals surface area contributed by atoms with Gasteiger partial charge in [-0.1, -0.05) is 43.0 Å². The molecule has 0 fully saturated rings. The van der Waals surface area contributed by atoms with E-state index in [1.54, 1.807) is 10.8 Å². The minimum Gasteiger partial charge on any atom is -0.268 e. The number of aromatic nitrogens is 3. The zero-order valence-electron chi connectivity index (χ0n) is 15.8. The molecule has 2 aromatic carbocycles. The van der Waals surface area contributed by atoms with Gasteiger partial charge in [-0.05, 0) is 43.3 Å². The van der Waals surface area contributed by atoms with Crippen LogP contribution >= 0.6 is 0 Å². The van der Waals surface area contributed by atoms with E-state index in [4.69, 9.17) is 4.98 Å². The zero-order valence-corrected chi connectivity index (χ0v) is 15.8. The maximum atomic E-state index is 13.5. The monoisotopic (exact) mass is 365 g/mol. The van der Waals surface area contributed by atoms with E-state index in [0.717, 1.165) is 22.8 Å². The molecule has 0 bridgehead atoms. The molecular weight excluding hydrogens is 346 g/mol. The Morgan fingerprint density at radius 1 is 0.929 bits per heavy atom. The molecule has 0 aliphatic rings. The Hall–Kier alpha value is -3.71. The molecular formula is C24H19N3O. The van der Waals surface area contributed by atoms with Crippen LogP contribution in [-0.2, 0) is 6.42 Å². The van der Waals surface area contributed by atoms with Gasteiger partial charge in [-0.3, -0.25) is 14.3 Å². The summed E-state index contributed by atoms with van der Waals surface area (Å²) in [7, 11) is 0. The minimum absolute atomic E-state index is 0.0964. The molecule has 4 aromatic rings. The molecule has 4 rings (SSSR count). The number of para-hydroxylation sites is 1. The maximum absolute atomic E-state index is 13.5. The standard InChI is InChI=1S/C24H19N3O/c1-3-22-26-21-13-7-9-19(15-14-18-10-8-16-25-17(18)2)23(21)24(28)27(22)20-11-5-4-6-12-20/h4-13,16H,3H2,1-2H3. The lowest BCUT2D eigenvalue weighted by Gasteiger charge is -2.13. The van der Waals surface area contributed by atoms with Crippen molar-refractivity contribution in [2.45, 2.75) is 20.3 Å². The SMILES string of the molecule is CCc1nc2cccc(C#Cc3cccnc3C)c2c(=O)n1-c1ccccc1. The summed E-state index contributed by atoms with van der Waals surface area (Å²) < 4.78 is 1.68. The molecule has 2 aromatic heterocycles. The summed E-state index contributed by atoms with van der Waals surface area (Å²) in [5.41, 5.74) is 3.77. The molecule has 2 heterocycles. The first-order valence-electron chi connectivity index (χ1n) is 9.22. The fourth-order valence-electron chi connectivity index (χ4n) is 3.21. The topological polar surface area (TPSA) is 47.8 Å². The number of hydrogen-bond donors (Lipinski definition) is 0. The van der Waals surface area contributed by atoms with Crippen LogP contribution in [-0.4, -0.2) is 14.5 Å². The van der Waals surface area contributed by atoms with E-state index in [-0.39, 0.29) is 5.56 Å². The van der Waals surface area contributed by atoms with Gasteiger partial charge in [0.1, 0.15) is 5.82 Å². The molecule has 0 saturated heterocycles. The Labute approximate surface area is 163 Å². The molecule has 136 valence electrons. The maximum Gasteiger partial charge on any atom is 0.267 e. The Morgan fingerprint density at radius 3 is 2.43 bits per heavy atom. The second-order valence-corrected chi connectivity index (χ2v) is 6.44. The quantitative estimate of drug-likeness (QED) is 0.504. The second kappa shape index (κ2) is 7.50. The average Bonchev–Trinajstić information content (AvgIpc) is 2.73. The summed E-state index contributed by atoms with van der Waals surface area (Å²) in [4.78, 5) is 22.5. The Kier molecular flexibility index (Phi) is 4.74. The van der Waals surface area contributed by atoms with Gasteiger partial charge in [-0.15, -0.1) is 0 Å². The van der Waals surface area contributed by atoms with Gasteiger partial charge >= 0.3 is 0 Å². The summed E-state index contributed by atoms with van der Waals surface area (Å²) in [5.74, 6) is 7.04. The van der Waals surface area contributed by atoms with E-state index < -0.39 is 0 Å². The van der Waals surface area contributed by atoms with Crippen molar-refractivity contribution in [2.75, 3.05) is 0 Å². The van der Waals surface area contributed by atoms with Crippen LogP contribution in [0.5, 0.6) is 0 Å². The van der Waals surface area contributed by atoms with Crippen LogP contribution in [0.25, 0.3) is 16.6 Å². The van der Waals surface area contributed by atoms with Crippen molar-refractivity contribution < 1.29 is 0 Å². The third-order valence-electron chi connectivity index (χ3n) is 4.64. The highest BCUT2D eigenvalue weighted by atomic mass is 16.1. The number of rotatable bonds is 2. The van der Waals surface area contributed by atoms with E-state index in [9.17, 15) is 4.79 Å². The lowest BCUT2D eigenvalue weighted by atomic mass is 10.1. The van der Waals surface area contributed by atoms with E-state index in [2.05, 4.69) is 16.8 Å². The summed E-state index contributed by atoms with van der Waals surface area (Å²) in [5, 5.41) is 0.539. The number of pyridine rings is 1. The van der Waals surface area contributed by atoms with Gasteiger partial charge in [-0.25, -0.2) is 4.98 Å². The number of aryl methyl sites for hydroxylation is 2. The van der Waals surface area contributed by atoms with Crippen molar-refractivity contribution >= 4 is 10.9 Å². The molecule has 0 amide bonds. The smallest absolute Gasteiger partial charge is 0.267 e. The molecule has 0 radical (unpaired) electrons. The van der Waals surface area contributed by atoms with Gasteiger partial charge in [-0.2, -0.15) is 0 Å². The van der Waals surface area contributed by atoms with Crippen molar-refractivity contribution in [1.82, 2.24) is 14.5 Å². The number of nitrogens with zero attached hydrogens (tertiary/aromatic N) is 3. The number of benzene rings is 2. The molecule has 0 unspecified atom stereocenters. The van der Waals surface area contributed by atoms with Crippen LogP contribution in [0.1, 0.15) is 29.6 Å². The molecule has 0 spiro atoms. The van der Waals surface area contributed by atoms with Crippen molar-refractivity contribution in [1.29, 1.82) is 0 Å². The number of hydrogen-bond acceptors (Lipinski definition) is 3. The van der Waals surface area contributed by atoms with E-state index in [1.807, 2.05) is 74.5 Å². The summed E-state index contributed by atoms with van der Waals surface area (Å²) in [6.07, 6.45) is 2.40. The lowest BCUT2D eigenvalue weighted by Crippen LogP contribution is -2.24. The third-order valence-corrected chi connectivity index (χ3v) is 4.64. The number of fused-ring (bicyclic) bond motifs is 1. The van der Waals surface area contributed by atoms with E-state index in [1.165, 1.54) is 0 Å². The molecule has 0 N–H and O–H groups in total. The van der Waals surface area contributed by atoms with Crippen LogP contribution in [0.3, 0.4) is 0 Å². The Bertz CT molecular complexity index is 1280. The van der Waals surface area contributed by atoms with E-state index >= 15 is 0 Å². The van der Waals surface area contributed by atoms with Crippen LogP contribution < -0.4 is 5.56 Å². The van der Waals surface area contributed by atoms with Gasteiger partial charge in [0.2, 0.25) is 0 Å². The van der Waals surface area contributed by atoms with Crippen molar-refractivity contribution in [3.05, 3.63) is 99.9 Å². The van der Waals surface area contributed by atoms with Crippen molar-refractivity contribution in [2.24, 2.45) is 0 Å². The predicted molar refractivity (Wildman–Crippen MR) is 112 cm³/mol. The molecule has 4 heteroatoms. The fourth-order valence-corrected chi connectivity index (χ4v) is 3.21. The summed E-state index contributed by atoms with van der Waals surface area (Å²) in [6, 6.07) is 19.0. The second-order valence-electron chi connectivity index (χ2n) is 6.44. The molecule has 4 nitrogen and oxygen atoms in total. The molecule has 28 heavy (non-hydrogen) atoms. The van der Waals surface area contributed by atoms with E-state index in [0.29, 0.717) is 22.9 Å². The molecule has 0 aliphatic carbocycles.